The molecule has 0 saturated heterocycles. The van der Waals surface area contributed by atoms with E-state index in [1.807, 2.05) is 11.6 Å². The summed E-state index contributed by atoms with van der Waals surface area (Å²) in [4.78, 5) is 24.1. The van der Waals surface area contributed by atoms with Gasteiger partial charge in [0.1, 0.15) is 0 Å². The first kappa shape index (κ1) is 34.0. The molecule has 0 heterocycles. The second kappa shape index (κ2) is 19.9. The zero-order valence-corrected chi connectivity index (χ0v) is 25.0. The lowest BCUT2D eigenvalue weighted by Gasteiger charge is -2.14. The van der Waals surface area contributed by atoms with E-state index < -0.39 is 22.0 Å². The lowest BCUT2D eigenvalue weighted by atomic mass is 10.1. The Hall–Kier alpha value is -2.06. The van der Waals surface area contributed by atoms with Crippen LogP contribution >= 0.6 is 11.6 Å². The molecular weight excluding hydrogens is 524 g/mol. The highest BCUT2D eigenvalue weighted by Gasteiger charge is 2.24. The lowest BCUT2D eigenvalue weighted by Crippen LogP contribution is -2.39. The Balaban J connectivity index is 2.34. The zero-order chi connectivity index (χ0) is 28.2. The molecule has 0 aliphatic heterocycles. The number of amides is 2. The molecule has 0 unspecified atom stereocenters. The van der Waals surface area contributed by atoms with Crippen molar-refractivity contribution in [3.05, 3.63) is 34.9 Å². The molecule has 0 radical (unpaired) electrons. The maximum absolute atomic E-state index is 12.6. The standard InChI is InChI=1S/C29H47ClN2O5S/c1-4-6-7-8-9-10-11-12-13-14-15-16-17-18-19-20-27(33)37-28-24(3)26(22-21-25(28)30)38(35,36)32-29(34)31-23-5-2/h12-13,21-22H,4-11,14-20,23H2,1-3H3,(H2,31,32,34)/b13-12-. The number of benzene rings is 1. The zero-order valence-electron chi connectivity index (χ0n) is 23.5. The van der Waals surface area contributed by atoms with Crippen LogP contribution in [-0.4, -0.2) is 27.0 Å². The molecule has 0 fully saturated rings. The quantitative estimate of drug-likeness (QED) is 0.0715. The second-order valence-corrected chi connectivity index (χ2v) is 11.7. The van der Waals surface area contributed by atoms with Crippen LogP contribution in [0.2, 0.25) is 5.02 Å². The highest BCUT2D eigenvalue weighted by atomic mass is 35.5. The minimum Gasteiger partial charge on any atom is -0.425 e. The van der Waals surface area contributed by atoms with Crippen LogP contribution in [0, 0.1) is 6.92 Å². The van der Waals surface area contributed by atoms with Crippen LogP contribution in [0.15, 0.2) is 29.2 Å². The largest absolute Gasteiger partial charge is 0.425 e. The van der Waals surface area contributed by atoms with Gasteiger partial charge in [-0.1, -0.05) is 89.0 Å². The van der Waals surface area contributed by atoms with Crippen LogP contribution in [0.1, 0.15) is 116 Å². The van der Waals surface area contributed by atoms with Gasteiger partial charge in [0.15, 0.2) is 5.75 Å². The minimum atomic E-state index is -4.16. The summed E-state index contributed by atoms with van der Waals surface area (Å²) in [6, 6.07) is 1.82. The Bertz CT molecular complexity index is 979. The summed E-state index contributed by atoms with van der Waals surface area (Å²) >= 11 is 6.19. The first-order valence-electron chi connectivity index (χ1n) is 14.2. The molecule has 0 aliphatic rings. The van der Waals surface area contributed by atoms with Crippen molar-refractivity contribution in [2.45, 2.75) is 122 Å². The van der Waals surface area contributed by atoms with Gasteiger partial charge < -0.3 is 10.1 Å². The molecular formula is C29H47ClN2O5S. The van der Waals surface area contributed by atoms with E-state index in [2.05, 4.69) is 24.4 Å². The van der Waals surface area contributed by atoms with E-state index in [9.17, 15) is 18.0 Å². The maximum atomic E-state index is 12.6. The summed E-state index contributed by atoms with van der Waals surface area (Å²) in [7, 11) is -4.16. The Labute approximate surface area is 235 Å². The molecule has 1 aromatic rings. The predicted molar refractivity (Wildman–Crippen MR) is 155 cm³/mol. The van der Waals surface area contributed by atoms with Crippen molar-refractivity contribution in [3.8, 4) is 5.75 Å². The van der Waals surface area contributed by atoms with Crippen LogP contribution in [0.5, 0.6) is 5.75 Å². The fourth-order valence-corrected chi connectivity index (χ4v) is 5.43. The molecule has 1 rings (SSSR count). The number of halogens is 1. The first-order valence-corrected chi connectivity index (χ1v) is 16.0. The summed E-state index contributed by atoms with van der Waals surface area (Å²) in [5.74, 6) is -0.461. The van der Waals surface area contributed by atoms with E-state index in [1.165, 1.54) is 64.0 Å². The fraction of sp³-hybridized carbons (Fsp3) is 0.655. The van der Waals surface area contributed by atoms with Gasteiger partial charge in [0.2, 0.25) is 0 Å². The minimum absolute atomic E-state index is 0.00116. The molecule has 0 bridgehead atoms. The Morgan fingerprint density at radius 2 is 1.45 bits per heavy atom. The number of ether oxygens (including phenoxy) is 1. The first-order chi connectivity index (χ1) is 18.2. The number of hydrogen-bond donors (Lipinski definition) is 2. The highest BCUT2D eigenvalue weighted by Crippen LogP contribution is 2.33. The van der Waals surface area contributed by atoms with Crippen LogP contribution in [-0.2, 0) is 14.8 Å². The summed E-state index contributed by atoms with van der Waals surface area (Å²) < 4.78 is 32.7. The van der Waals surface area contributed by atoms with E-state index >= 15 is 0 Å². The van der Waals surface area contributed by atoms with Crippen LogP contribution in [0.4, 0.5) is 4.79 Å². The summed E-state index contributed by atoms with van der Waals surface area (Å²) in [5, 5.41) is 2.59. The van der Waals surface area contributed by atoms with Gasteiger partial charge in [-0.25, -0.2) is 17.9 Å². The van der Waals surface area contributed by atoms with Gasteiger partial charge in [-0.15, -0.1) is 0 Å². The van der Waals surface area contributed by atoms with E-state index in [0.717, 1.165) is 32.1 Å². The molecule has 216 valence electrons. The summed E-state index contributed by atoms with van der Waals surface area (Å²) in [6.45, 7) is 5.94. The van der Waals surface area contributed by atoms with Crippen LogP contribution in [0.25, 0.3) is 0 Å². The molecule has 1 aromatic carbocycles. The summed E-state index contributed by atoms with van der Waals surface area (Å²) in [6.07, 6.45) is 20.7. The third-order valence-electron chi connectivity index (χ3n) is 6.22. The number of hydrogen-bond acceptors (Lipinski definition) is 5. The third kappa shape index (κ3) is 14.2. The van der Waals surface area contributed by atoms with Crippen molar-refractivity contribution in [2.75, 3.05) is 6.54 Å². The van der Waals surface area contributed by atoms with Crippen molar-refractivity contribution >= 4 is 33.6 Å². The number of esters is 1. The SMILES string of the molecule is CCCCCCCC/C=C\CCCCCCCC(=O)Oc1c(Cl)ccc(S(=O)(=O)NC(=O)NCCC)c1C. The average Bonchev–Trinajstić information content (AvgIpc) is 2.87. The van der Waals surface area contributed by atoms with Gasteiger partial charge >= 0.3 is 12.0 Å². The number of rotatable bonds is 20. The van der Waals surface area contributed by atoms with E-state index in [-0.39, 0.29) is 27.7 Å². The molecule has 7 nitrogen and oxygen atoms in total. The van der Waals surface area contributed by atoms with Crippen LogP contribution in [0.3, 0.4) is 0 Å². The van der Waals surface area contributed by atoms with Gasteiger partial charge in [0.25, 0.3) is 10.0 Å². The molecule has 0 spiro atoms. The second-order valence-electron chi connectivity index (χ2n) is 9.67. The topological polar surface area (TPSA) is 102 Å². The normalized spacial score (nSPS) is 11.6. The van der Waals surface area contributed by atoms with Gasteiger partial charge in [0.05, 0.1) is 9.92 Å². The van der Waals surface area contributed by atoms with E-state index in [0.29, 0.717) is 19.4 Å². The summed E-state index contributed by atoms with van der Waals surface area (Å²) in [5.41, 5.74) is 0.172. The van der Waals surface area contributed by atoms with Crippen molar-refractivity contribution in [1.29, 1.82) is 0 Å². The van der Waals surface area contributed by atoms with Gasteiger partial charge in [0, 0.05) is 18.5 Å². The Morgan fingerprint density at radius 3 is 2.05 bits per heavy atom. The Morgan fingerprint density at radius 1 is 0.868 bits per heavy atom. The molecule has 2 N–H and O–H groups in total. The number of unbranched alkanes of at least 4 members (excludes halogenated alkanes) is 11. The third-order valence-corrected chi connectivity index (χ3v) is 7.99. The van der Waals surface area contributed by atoms with Crippen LogP contribution < -0.4 is 14.8 Å². The van der Waals surface area contributed by atoms with E-state index in [4.69, 9.17) is 16.3 Å². The molecule has 0 saturated carbocycles. The number of carbonyl (C=O) groups excluding carboxylic acids is 2. The predicted octanol–water partition coefficient (Wildman–Crippen LogP) is 7.99. The van der Waals surface area contributed by atoms with Crippen molar-refractivity contribution in [1.82, 2.24) is 10.0 Å². The van der Waals surface area contributed by atoms with Gasteiger partial charge in [-0.2, -0.15) is 0 Å². The van der Waals surface area contributed by atoms with Gasteiger partial charge in [-0.3, -0.25) is 4.79 Å². The molecule has 0 aliphatic carbocycles. The molecule has 38 heavy (non-hydrogen) atoms. The number of nitrogens with one attached hydrogen (secondary N) is 2. The fourth-order valence-electron chi connectivity index (χ4n) is 4.01. The smallest absolute Gasteiger partial charge is 0.328 e. The van der Waals surface area contributed by atoms with E-state index in [1.54, 1.807) is 0 Å². The monoisotopic (exact) mass is 570 g/mol. The molecule has 0 aromatic heterocycles. The molecule has 2 amide bonds. The number of carbonyl (C=O) groups is 2. The lowest BCUT2D eigenvalue weighted by molar-refractivity contribution is -0.134. The van der Waals surface area contributed by atoms with Crippen molar-refractivity contribution in [2.24, 2.45) is 0 Å². The average molecular weight is 571 g/mol. The van der Waals surface area contributed by atoms with Crippen molar-refractivity contribution in [3.63, 3.8) is 0 Å². The van der Waals surface area contributed by atoms with Gasteiger partial charge in [-0.05, 0) is 57.6 Å². The molecule has 9 heteroatoms. The number of allylic oxidation sites excluding steroid dienone is 2. The maximum Gasteiger partial charge on any atom is 0.328 e. The number of urea groups is 1. The molecule has 0 atom stereocenters. The van der Waals surface area contributed by atoms with Crippen molar-refractivity contribution < 1.29 is 22.7 Å². The number of sulfonamides is 1. The highest BCUT2D eigenvalue weighted by molar-refractivity contribution is 7.90. The Kier molecular flexibility index (Phi) is 17.8.